The first-order valence-electron chi connectivity index (χ1n) is 8.05. The van der Waals surface area contributed by atoms with Gasteiger partial charge in [-0.1, -0.05) is 27.7 Å². The number of fused-ring (bicyclic) bond motifs is 1. The van der Waals surface area contributed by atoms with Gasteiger partial charge in [-0.3, -0.25) is 4.79 Å². The Kier molecular flexibility index (Phi) is 4.63. The molecule has 0 amide bonds. The van der Waals surface area contributed by atoms with Crippen LogP contribution in [-0.2, 0) is 13.0 Å². The van der Waals surface area contributed by atoms with Gasteiger partial charge < -0.3 is 4.57 Å². The van der Waals surface area contributed by atoms with Crippen LogP contribution in [0.3, 0.4) is 0 Å². The van der Waals surface area contributed by atoms with E-state index >= 15 is 0 Å². The first-order chi connectivity index (χ1) is 9.77. The number of nitrogens with zero attached hydrogens (tertiary/aromatic N) is 1. The molecule has 1 aromatic rings. The second-order valence-corrected chi connectivity index (χ2v) is 8.54. The van der Waals surface area contributed by atoms with Crippen LogP contribution in [0.2, 0.25) is 0 Å². The van der Waals surface area contributed by atoms with Gasteiger partial charge in [0.1, 0.15) is 0 Å². The molecule has 0 radical (unpaired) electrons. The standard InChI is InChI=1S/C18H29NOS/c1-7-18(8-2,21-6)12-19-13(3)9-14-15(19)10-17(4,5)11-16(14)20/h9H,7-8,10-12H2,1-6H3. The van der Waals surface area contributed by atoms with Gasteiger partial charge in [0, 0.05) is 34.7 Å². The van der Waals surface area contributed by atoms with Gasteiger partial charge in [0.25, 0.3) is 0 Å². The van der Waals surface area contributed by atoms with Crippen molar-refractivity contribution in [2.75, 3.05) is 6.26 Å². The molecule has 2 rings (SSSR count). The number of hydrogen-bond acceptors (Lipinski definition) is 2. The van der Waals surface area contributed by atoms with Crippen LogP contribution in [0.4, 0.5) is 0 Å². The molecule has 0 unspecified atom stereocenters. The highest BCUT2D eigenvalue weighted by molar-refractivity contribution is 8.00. The van der Waals surface area contributed by atoms with E-state index in [0.717, 1.165) is 31.4 Å². The van der Waals surface area contributed by atoms with Crippen LogP contribution in [0.25, 0.3) is 0 Å². The SMILES string of the molecule is CCC(CC)(Cn1c(C)cc2c1CC(C)(C)CC2=O)SC. The maximum Gasteiger partial charge on any atom is 0.165 e. The number of aromatic nitrogens is 1. The summed E-state index contributed by atoms with van der Waals surface area (Å²) in [7, 11) is 0. The minimum absolute atomic E-state index is 0.0904. The fourth-order valence-corrected chi connectivity index (χ4v) is 4.38. The highest BCUT2D eigenvalue weighted by Gasteiger charge is 2.35. The number of rotatable bonds is 5. The summed E-state index contributed by atoms with van der Waals surface area (Å²) in [5.41, 5.74) is 3.59. The predicted octanol–water partition coefficient (Wildman–Crippen LogP) is 4.87. The van der Waals surface area contributed by atoms with Crippen LogP contribution in [-0.4, -0.2) is 21.4 Å². The fraction of sp³-hybridized carbons (Fsp3) is 0.722. The van der Waals surface area contributed by atoms with E-state index in [-0.39, 0.29) is 10.2 Å². The Bertz CT molecular complexity index is 529. The number of hydrogen-bond donors (Lipinski definition) is 0. The number of aryl methyl sites for hydroxylation is 1. The van der Waals surface area contributed by atoms with Crippen molar-refractivity contribution in [3.8, 4) is 0 Å². The van der Waals surface area contributed by atoms with Crippen LogP contribution in [0.1, 0.15) is 68.7 Å². The second-order valence-electron chi connectivity index (χ2n) is 7.27. The monoisotopic (exact) mass is 307 g/mol. The Labute approximate surface area is 133 Å². The summed E-state index contributed by atoms with van der Waals surface area (Å²) in [4.78, 5) is 12.4. The summed E-state index contributed by atoms with van der Waals surface area (Å²) in [6, 6.07) is 2.11. The minimum atomic E-state index is 0.0904. The smallest absolute Gasteiger partial charge is 0.165 e. The molecule has 1 aromatic heterocycles. The summed E-state index contributed by atoms with van der Waals surface area (Å²) in [5, 5.41) is 0. The van der Waals surface area contributed by atoms with E-state index in [1.165, 1.54) is 11.4 Å². The minimum Gasteiger partial charge on any atom is -0.347 e. The molecule has 0 bridgehead atoms. The van der Waals surface area contributed by atoms with E-state index in [2.05, 4.69) is 51.5 Å². The lowest BCUT2D eigenvalue weighted by Gasteiger charge is -2.34. The third-order valence-electron chi connectivity index (χ3n) is 5.17. The molecule has 118 valence electrons. The van der Waals surface area contributed by atoms with Crippen LogP contribution in [0.5, 0.6) is 0 Å². The normalized spacial score (nSPS) is 17.9. The highest BCUT2D eigenvalue weighted by Crippen LogP contribution is 2.39. The molecule has 0 N–H and O–H groups in total. The quantitative estimate of drug-likeness (QED) is 0.774. The molecule has 0 saturated heterocycles. The number of Topliss-reactive ketones (excluding diaryl/α,β-unsaturated/α-hetero) is 1. The number of ketones is 1. The molecule has 0 saturated carbocycles. The second kappa shape index (κ2) is 5.83. The average Bonchev–Trinajstić information content (AvgIpc) is 2.72. The zero-order valence-corrected chi connectivity index (χ0v) is 15.2. The number of carbonyl (C=O) groups excluding carboxylic acids is 1. The molecule has 1 heterocycles. The van der Waals surface area contributed by atoms with E-state index in [1.54, 1.807) is 0 Å². The summed E-state index contributed by atoms with van der Waals surface area (Å²) >= 11 is 1.97. The van der Waals surface area contributed by atoms with E-state index in [4.69, 9.17) is 0 Å². The molecule has 3 heteroatoms. The van der Waals surface area contributed by atoms with Gasteiger partial charge in [0.2, 0.25) is 0 Å². The Morgan fingerprint density at radius 2 is 1.90 bits per heavy atom. The van der Waals surface area contributed by atoms with Crippen LogP contribution < -0.4 is 0 Å². The third kappa shape index (κ3) is 3.08. The first kappa shape index (κ1) is 16.7. The van der Waals surface area contributed by atoms with Gasteiger partial charge >= 0.3 is 0 Å². The molecule has 2 nitrogen and oxygen atoms in total. The molecular weight excluding hydrogens is 278 g/mol. The molecular formula is C18H29NOS. The van der Waals surface area contributed by atoms with Crippen molar-refractivity contribution in [1.82, 2.24) is 4.57 Å². The van der Waals surface area contributed by atoms with E-state index in [1.807, 2.05) is 11.8 Å². The van der Waals surface area contributed by atoms with Crippen molar-refractivity contribution in [2.24, 2.45) is 5.41 Å². The van der Waals surface area contributed by atoms with Gasteiger partial charge in [0.15, 0.2) is 5.78 Å². The van der Waals surface area contributed by atoms with Crippen molar-refractivity contribution >= 4 is 17.5 Å². The lowest BCUT2D eigenvalue weighted by Crippen LogP contribution is -2.33. The van der Waals surface area contributed by atoms with E-state index in [9.17, 15) is 4.79 Å². The van der Waals surface area contributed by atoms with Crippen LogP contribution >= 0.6 is 11.8 Å². The van der Waals surface area contributed by atoms with Gasteiger partial charge in [0.05, 0.1) is 0 Å². The topological polar surface area (TPSA) is 22.0 Å². The Hall–Kier alpha value is -0.700. The predicted molar refractivity (Wildman–Crippen MR) is 92.4 cm³/mol. The van der Waals surface area contributed by atoms with Crippen LogP contribution in [0.15, 0.2) is 6.07 Å². The van der Waals surface area contributed by atoms with Crippen molar-refractivity contribution < 1.29 is 4.79 Å². The highest BCUT2D eigenvalue weighted by atomic mass is 32.2. The third-order valence-corrected chi connectivity index (χ3v) is 6.74. The van der Waals surface area contributed by atoms with Crippen LogP contribution in [0, 0.1) is 12.3 Å². The number of thioether (sulfide) groups is 1. The maximum atomic E-state index is 12.4. The van der Waals surface area contributed by atoms with Gasteiger partial charge in [-0.25, -0.2) is 0 Å². The molecule has 1 aliphatic carbocycles. The molecule has 0 spiro atoms. The lowest BCUT2D eigenvalue weighted by atomic mass is 9.76. The van der Waals surface area contributed by atoms with Gasteiger partial charge in [-0.15, -0.1) is 0 Å². The Morgan fingerprint density at radius 3 is 2.43 bits per heavy atom. The lowest BCUT2D eigenvalue weighted by molar-refractivity contribution is 0.0909. The van der Waals surface area contributed by atoms with E-state index < -0.39 is 0 Å². The molecule has 0 fully saturated rings. The summed E-state index contributed by atoms with van der Waals surface area (Å²) in [6.45, 7) is 12.1. The van der Waals surface area contributed by atoms with Gasteiger partial charge in [-0.2, -0.15) is 11.8 Å². The first-order valence-corrected chi connectivity index (χ1v) is 9.27. The maximum absolute atomic E-state index is 12.4. The van der Waals surface area contributed by atoms with Crippen molar-refractivity contribution in [3.63, 3.8) is 0 Å². The average molecular weight is 308 g/mol. The fourth-order valence-electron chi connectivity index (χ4n) is 3.54. The van der Waals surface area contributed by atoms with Crippen molar-refractivity contribution in [1.29, 1.82) is 0 Å². The molecule has 1 aliphatic rings. The summed E-state index contributed by atoms with van der Waals surface area (Å²) in [5.74, 6) is 0.325. The summed E-state index contributed by atoms with van der Waals surface area (Å²) < 4.78 is 2.71. The van der Waals surface area contributed by atoms with E-state index in [0.29, 0.717) is 12.2 Å². The summed E-state index contributed by atoms with van der Waals surface area (Å²) in [6.07, 6.45) is 6.23. The Balaban J connectivity index is 2.45. The molecule has 0 aromatic carbocycles. The number of carbonyl (C=O) groups is 1. The van der Waals surface area contributed by atoms with Gasteiger partial charge in [-0.05, 0) is 43.9 Å². The molecule has 0 aliphatic heterocycles. The molecule has 21 heavy (non-hydrogen) atoms. The zero-order chi connectivity index (χ0) is 15.8. The zero-order valence-electron chi connectivity index (χ0n) is 14.4. The van der Waals surface area contributed by atoms with Crippen molar-refractivity contribution in [3.05, 3.63) is 23.0 Å². The largest absolute Gasteiger partial charge is 0.347 e. The Morgan fingerprint density at radius 1 is 1.29 bits per heavy atom. The van der Waals surface area contributed by atoms with Crippen molar-refractivity contribution in [2.45, 2.75) is 71.6 Å². The molecule has 0 atom stereocenters.